The van der Waals surface area contributed by atoms with E-state index in [2.05, 4.69) is 15.6 Å². The predicted molar refractivity (Wildman–Crippen MR) is 82.2 cm³/mol. The van der Waals surface area contributed by atoms with Gasteiger partial charge < -0.3 is 10.6 Å². The van der Waals surface area contributed by atoms with Gasteiger partial charge in [-0.05, 0) is 36.8 Å². The number of amides is 2. The maximum absolute atomic E-state index is 12.1. The minimum atomic E-state index is -0.264. The van der Waals surface area contributed by atoms with Gasteiger partial charge in [-0.2, -0.15) is 0 Å². The van der Waals surface area contributed by atoms with Crippen LogP contribution < -0.4 is 10.6 Å². The Balaban J connectivity index is 2.06. The molecule has 1 heterocycles. The van der Waals surface area contributed by atoms with Crippen LogP contribution in [0.25, 0.3) is 0 Å². The Kier molecular flexibility index (Phi) is 5.04. The fraction of sp³-hybridized carbons (Fsp3) is 0.188. The maximum Gasteiger partial charge on any atom is 0.256 e. The predicted octanol–water partition coefficient (Wildman–Crippen LogP) is 3.07. The Labute approximate surface area is 123 Å². The van der Waals surface area contributed by atoms with Crippen LogP contribution >= 0.6 is 0 Å². The Morgan fingerprint density at radius 2 is 1.95 bits per heavy atom. The Morgan fingerprint density at radius 3 is 2.67 bits per heavy atom. The standard InChI is InChI=1S/C16H17N3O2/c1-2-6-15(20)18-13-8-5-7-12(11-13)16(21)19-14-9-3-4-10-17-14/h3-5,7-11H,2,6H2,1H3,(H,18,20)(H,17,19,21). The number of hydrogen-bond donors (Lipinski definition) is 2. The van der Waals surface area contributed by atoms with Gasteiger partial charge in [0.2, 0.25) is 5.91 Å². The second-order valence-corrected chi connectivity index (χ2v) is 4.55. The van der Waals surface area contributed by atoms with Crippen LogP contribution in [0.3, 0.4) is 0 Å². The molecule has 0 aliphatic rings. The van der Waals surface area contributed by atoms with Crippen LogP contribution in [0.4, 0.5) is 11.5 Å². The van der Waals surface area contributed by atoms with Crippen LogP contribution in [0.1, 0.15) is 30.1 Å². The number of carbonyl (C=O) groups is 2. The summed E-state index contributed by atoms with van der Waals surface area (Å²) in [5, 5.41) is 5.47. The van der Waals surface area contributed by atoms with Crippen molar-refractivity contribution in [3.63, 3.8) is 0 Å². The summed E-state index contributed by atoms with van der Waals surface area (Å²) in [6.45, 7) is 1.94. The van der Waals surface area contributed by atoms with Crippen LogP contribution in [-0.2, 0) is 4.79 Å². The monoisotopic (exact) mass is 283 g/mol. The number of nitrogens with one attached hydrogen (secondary N) is 2. The van der Waals surface area contributed by atoms with Crippen LogP contribution in [0.15, 0.2) is 48.7 Å². The molecule has 0 saturated heterocycles. The third kappa shape index (κ3) is 4.42. The molecule has 1 aromatic carbocycles. The largest absolute Gasteiger partial charge is 0.326 e. The van der Waals surface area contributed by atoms with E-state index in [1.807, 2.05) is 6.92 Å². The molecule has 2 aromatic rings. The van der Waals surface area contributed by atoms with E-state index in [1.54, 1.807) is 48.7 Å². The van der Waals surface area contributed by atoms with E-state index < -0.39 is 0 Å². The number of anilines is 2. The molecule has 0 radical (unpaired) electrons. The van der Waals surface area contributed by atoms with Crippen molar-refractivity contribution in [1.82, 2.24) is 4.98 Å². The molecule has 1 aromatic heterocycles. The SMILES string of the molecule is CCCC(=O)Nc1cccc(C(=O)Nc2ccccn2)c1. The molecule has 0 unspecified atom stereocenters. The summed E-state index contributed by atoms with van der Waals surface area (Å²) in [4.78, 5) is 27.7. The molecular formula is C16H17N3O2. The van der Waals surface area contributed by atoms with Gasteiger partial charge in [0, 0.05) is 23.9 Å². The van der Waals surface area contributed by atoms with E-state index in [-0.39, 0.29) is 11.8 Å². The molecule has 21 heavy (non-hydrogen) atoms. The number of aromatic nitrogens is 1. The van der Waals surface area contributed by atoms with Crippen LogP contribution in [-0.4, -0.2) is 16.8 Å². The highest BCUT2D eigenvalue weighted by Crippen LogP contribution is 2.13. The minimum absolute atomic E-state index is 0.0558. The first-order valence-corrected chi connectivity index (χ1v) is 6.81. The average Bonchev–Trinajstić information content (AvgIpc) is 2.48. The zero-order valence-electron chi connectivity index (χ0n) is 11.8. The van der Waals surface area contributed by atoms with Gasteiger partial charge in [-0.3, -0.25) is 9.59 Å². The molecule has 0 aliphatic heterocycles. The van der Waals surface area contributed by atoms with Gasteiger partial charge in [-0.1, -0.05) is 19.1 Å². The van der Waals surface area contributed by atoms with Crippen molar-refractivity contribution in [1.29, 1.82) is 0 Å². The van der Waals surface area contributed by atoms with E-state index >= 15 is 0 Å². The van der Waals surface area contributed by atoms with E-state index in [4.69, 9.17) is 0 Å². The molecule has 0 atom stereocenters. The average molecular weight is 283 g/mol. The number of rotatable bonds is 5. The fourth-order valence-electron chi connectivity index (χ4n) is 1.81. The van der Waals surface area contributed by atoms with Gasteiger partial charge in [-0.25, -0.2) is 4.98 Å². The van der Waals surface area contributed by atoms with Gasteiger partial charge in [0.05, 0.1) is 0 Å². The molecule has 0 spiro atoms. The summed E-state index contributed by atoms with van der Waals surface area (Å²) in [5.74, 6) is 0.169. The summed E-state index contributed by atoms with van der Waals surface area (Å²) >= 11 is 0. The van der Waals surface area contributed by atoms with Gasteiger partial charge >= 0.3 is 0 Å². The van der Waals surface area contributed by atoms with Crippen molar-refractivity contribution in [3.8, 4) is 0 Å². The van der Waals surface area contributed by atoms with E-state index in [0.29, 0.717) is 23.5 Å². The lowest BCUT2D eigenvalue weighted by Crippen LogP contribution is -2.14. The topological polar surface area (TPSA) is 71.1 Å². The summed E-state index contributed by atoms with van der Waals surface area (Å²) in [7, 11) is 0. The smallest absolute Gasteiger partial charge is 0.256 e. The quantitative estimate of drug-likeness (QED) is 0.885. The molecule has 0 aliphatic carbocycles. The highest BCUT2D eigenvalue weighted by molar-refractivity contribution is 6.04. The van der Waals surface area contributed by atoms with Gasteiger partial charge in [0.1, 0.15) is 5.82 Å². The maximum atomic E-state index is 12.1. The summed E-state index contributed by atoms with van der Waals surface area (Å²) < 4.78 is 0. The van der Waals surface area contributed by atoms with E-state index in [0.717, 1.165) is 6.42 Å². The molecule has 5 heteroatoms. The van der Waals surface area contributed by atoms with Gasteiger partial charge in [0.15, 0.2) is 0 Å². The Bertz CT molecular complexity index is 626. The molecule has 0 fully saturated rings. The summed E-state index contributed by atoms with van der Waals surface area (Å²) in [6.07, 6.45) is 2.85. The number of carbonyl (C=O) groups excluding carboxylic acids is 2. The van der Waals surface area contributed by atoms with Crippen molar-refractivity contribution < 1.29 is 9.59 Å². The second kappa shape index (κ2) is 7.19. The van der Waals surface area contributed by atoms with E-state index in [1.165, 1.54) is 0 Å². The summed E-state index contributed by atoms with van der Waals surface area (Å²) in [5.41, 5.74) is 1.08. The van der Waals surface area contributed by atoms with Crippen molar-refractivity contribution >= 4 is 23.3 Å². The lowest BCUT2D eigenvalue weighted by Gasteiger charge is -2.07. The molecule has 2 rings (SSSR count). The highest BCUT2D eigenvalue weighted by atomic mass is 16.2. The zero-order chi connectivity index (χ0) is 15.1. The van der Waals surface area contributed by atoms with Gasteiger partial charge in [-0.15, -0.1) is 0 Å². The molecule has 0 saturated carbocycles. The molecule has 2 N–H and O–H groups in total. The second-order valence-electron chi connectivity index (χ2n) is 4.55. The molecular weight excluding hydrogens is 266 g/mol. The molecule has 0 bridgehead atoms. The molecule has 5 nitrogen and oxygen atoms in total. The summed E-state index contributed by atoms with van der Waals surface area (Å²) in [6, 6.07) is 12.1. The number of pyridine rings is 1. The van der Waals surface area contributed by atoms with Crippen LogP contribution in [0, 0.1) is 0 Å². The Morgan fingerprint density at radius 1 is 1.10 bits per heavy atom. The normalized spacial score (nSPS) is 9.95. The van der Waals surface area contributed by atoms with Crippen LogP contribution in [0.2, 0.25) is 0 Å². The van der Waals surface area contributed by atoms with Crippen molar-refractivity contribution in [2.75, 3.05) is 10.6 Å². The van der Waals surface area contributed by atoms with Gasteiger partial charge in [0.25, 0.3) is 5.91 Å². The third-order valence-corrected chi connectivity index (χ3v) is 2.79. The number of hydrogen-bond acceptors (Lipinski definition) is 3. The van der Waals surface area contributed by atoms with E-state index in [9.17, 15) is 9.59 Å². The first-order valence-electron chi connectivity index (χ1n) is 6.81. The highest BCUT2D eigenvalue weighted by Gasteiger charge is 2.08. The van der Waals surface area contributed by atoms with Crippen LogP contribution in [0.5, 0.6) is 0 Å². The van der Waals surface area contributed by atoms with Crippen molar-refractivity contribution in [2.24, 2.45) is 0 Å². The van der Waals surface area contributed by atoms with Crippen molar-refractivity contribution in [3.05, 3.63) is 54.2 Å². The number of nitrogens with zero attached hydrogens (tertiary/aromatic N) is 1. The molecule has 108 valence electrons. The third-order valence-electron chi connectivity index (χ3n) is 2.79. The molecule has 2 amide bonds. The first kappa shape index (κ1) is 14.7. The Hall–Kier alpha value is -2.69. The lowest BCUT2D eigenvalue weighted by molar-refractivity contribution is -0.116. The number of benzene rings is 1. The minimum Gasteiger partial charge on any atom is -0.326 e. The lowest BCUT2D eigenvalue weighted by atomic mass is 10.2. The zero-order valence-corrected chi connectivity index (χ0v) is 11.8. The van der Waals surface area contributed by atoms with Crippen molar-refractivity contribution in [2.45, 2.75) is 19.8 Å². The first-order chi connectivity index (χ1) is 10.2. The fourth-order valence-corrected chi connectivity index (χ4v) is 1.81.